The number of nitrogen functional groups attached to an aromatic ring is 1. The highest BCUT2D eigenvalue weighted by Crippen LogP contribution is 2.34. The molecule has 2 aromatic carbocycles. The number of carbonyl (C=O) groups is 1. The lowest BCUT2D eigenvalue weighted by Gasteiger charge is -2.30. The fourth-order valence-electron chi connectivity index (χ4n) is 2.60. The van der Waals surface area contributed by atoms with Crippen molar-refractivity contribution in [3.8, 4) is 5.75 Å². The van der Waals surface area contributed by atoms with Crippen molar-refractivity contribution in [3.05, 3.63) is 59.2 Å². The number of hydrogen-bond donors (Lipinski definition) is 3. The van der Waals surface area contributed by atoms with Gasteiger partial charge in [-0.1, -0.05) is 30.3 Å². The van der Waals surface area contributed by atoms with Crippen LogP contribution >= 0.6 is 0 Å². The van der Waals surface area contributed by atoms with E-state index in [4.69, 9.17) is 5.73 Å². The Labute approximate surface area is 117 Å². The lowest BCUT2D eigenvalue weighted by atomic mass is 9.77. The van der Waals surface area contributed by atoms with Crippen LogP contribution in [-0.2, 0) is 6.42 Å². The zero-order chi connectivity index (χ0) is 14.1. The molecule has 0 heterocycles. The highest BCUT2D eigenvalue weighted by Gasteiger charge is 2.26. The molecule has 4 heteroatoms. The number of benzene rings is 2. The number of fused-ring (bicyclic) bond motifs is 1. The highest BCUT2D eigenvalue weighted by molar-refractivity contribution is 5.98. The normalized spacial score (nSPS) is 16.1. The molecule has 0 aromatic heterocycles. The number of phenolic OH excluding ortho intramolecular Hbond substituents is 1. The van der Waals surface area contributed by atoms with Gasteiger partial charge in [0, 0.05) is 12.5 Å². The van der Waals surface area contributed by atoms with E-state index in [-0.39, 0.29) is 22.9 Å². The lowest BCUT2D eigenvalue weighted by molar-refractivity contribution is 0.0947. The molecule has 1 atom stereocenters. The van der Waals surface area contributed by atoms with Crippen molar-refractivity contribution in [1.29, 1.82) is 0 Å². The summed E-state index contributed by atoms with van der Waals surface area (Å²) >= 11 is 0. The summed E-state index contributed by atoms with van der Waals surface area (Å²) in [6.07, 6.45) is 0.985. The van der Waals surface area contributed by atoms with Crippen LogP contribution in [0.15, 0.2) is 42.5 Å². The first-order valence-corrected chi connectivity index (χ1v) is 6.60. The van der Waals surface area contributed by atoms with Crippen LogP contribution in [0.3, 0.4) is 0 Å². The third-order valence-electron chi connectivity index (χ3n) is 3.78. The molecule has 1 amide bonds. The van der Waals surface area contributed by atoms with Gasteiger partial charge in [-0.3, -0.25) is 4.79 Å². The Kier molecular flexibility index (Phi) is 3.06. The number of para-hydroxylation sites is 1. The van der Waals surface area contributed by atoms with E-state index in [0.717, 1.165) is 6.42 Å². The molecular formula is C16H16N2O2. The topological polar surface area (TPSA) is 75.4 Å². The monoisotopic (exact) mass is 268 g/mol. The minimum Gasteiger partial charge on any atom is -0.505 e. The minimum atomic E-state index is -0.292. The number of amides is 1. The number of nitrogens with one attached hydrogen (secondary N) is 1. The van der Waals surface area contributed by atoms with Crippen molar-refractivity contribution in [2.45, 2.75) is 12.3 Å². The van der Waals surface area contributed by atoms with E-state index in [2.05, 4.69) is 17.4 Å². The molecule has 4 N–H and O–H groups in total. The van der Waals surface area contributed by atoms with Crippen LogP contribution in [0.1, 0.15) is 27.4 Å². The van der Waals surface area contributed by atoms with E-state index < -0.39 is 0 Å². The second-order valence-electron chi connectivity index (χ2n) is 5.05. The van der Waals surface area contributed by atoms with Crippen LogP contribution in [0.25, 0.3) is 0 Å². The molecule has 0 saturated carbocycles. The van der Waals surface area contributed by atoms with Crippen LogP contribution < -0.4 is 11.1 Å². The van der Waals surface area contributed by atoms with Crippen LogP contribution in [0, 0.1) is 0 Å². The van der Waals surface area contributed by atoms with Gasteiger partial charge in [0.05, 0.1) is 11.3 Å². The average molecular weight is 268 g/mol. The van der Waals surface area contributed by atoms with Gasteiger partial charge in [0.2, 0.25) is 0 Å². The molecule has 4 nitrogen and oxygen atoms in total. The van der Waals surface area contributed by atoms with Gasteiger partial charge in [-0.25, -0.2) is 0 Å². The van der Waals surface area contributed by atoms with E-state index in [9.17, 15) is 9.90 Å². The maximum atomic E-state index is 12.0. The number of aromatic hydroxyl groups is 1. The molecule has 20 heavy (non-hydrogen) atoms. The summed E-state index contributed by atoms with van der Waals surface area (Å²) in [6, 6.07) is 13.0. The molecule has 0 aliphatic heterocycles. The first-order valence-electron chi connectivity index (χ1n) is 6.60. The molecule has 0 fully saturated rings. The maximum Gasteiger partial charge on any atom is 0.255 e. The van der Waals surface area contributed by atoms with Gasteiger partial charge < -0.3 is 16.2 Å². The summed E-state index contributed by atoms with van der Waals surface area (Å²) in [5.74, 6) is -0.0865. The fourth-order valence-corrected chi connectivity index (χ4v) is 2.60. The Balaban J connectivity index is 1.65. The van der Waals surface area contributed by atoms with Crippen molar-refractivity contribution >= 4 is 11.6 Å². The largest absolute Gasteiger partial charge is 0.505 e. The van der Waals surface area contributed by atoms with Gasteiger partial charge in [0.25, 0.3) is 5.91 Å². The predicted octanol–water partition coefficient (Wildman–Crippen LogP) is 2.04. The fraction of sp³-hybridized carbons (Fsp3) is 0.188. The van der Waals surface area contributed by atoms with Crippen molar-refractivity contribution in [2.75, 3.05) is 12.3 Å². The Hall–Kier alpha value is -2.49. The van der Waals surface area contributed by atoms with Crippen molar-refractivity contribution in [1.82, 2.24) is 5.32 Å². The van der Waals surface area contributed by atoms with Crippen LogP contribution in [0.2, 0.25) is 0 Å². The molecule has 1 aliphatic carbocycles. The van der Waals surface area contributed by atoms with E-state index >= 15 is 0 Å². The molecule has 1 unspecified atom stereocenters. The van der Waals surface area contributed by atoms with E-state index in [0.29, 0.717) is 12.5 Å². The number of hydrogen-bond acceptors (Lipinski definition) is 3. The Morgan fingerprint density at radius 3 is 2.85 bits per heavy atom. The first-order chi connectivity index (χ1) is 9.66. The summed E-state index contributed by atoms with van der Waals surface area (Å²) in [5.41, 5.74) is 8.66. The highest BCUT2D eigenvalue weighted by atomic mass is 16.3. The molecular weight excluding hydrogens is 252 g/mol. The summed E-state index contributed by atoms with van der Waals surface area (Å²) in [4.78, 5) is 12.0. The number of phenols is 1. The van der Waals surface area contributed by atoms with Crippen molar-refractivity contribution in [3.63, 3.8) is 0 Å². The first kappa shape index (κ1) is 12.5. The predicted molar refractivity (Wildman–Crippen MR) is 77.7 cm³/mol. The van der Waals surface area contributed by atoms with Crippen LogP contribution in [-0.4, -0.2) is 17.6 Å². The van der Waals surface area contributed by atoms with Gasteiger partial charge in [0.1, 0.15) is 0 Å². The summed E-state index contributed by atoms with van der Waals surface area (Å²) in [6.45, 7) is 0.573. The maximum absolute atomic E-state index is 12.0. The van der Waals surface area contributed by atoms with E-state index in [1.165, 1.54) is 11.1 Å². The van der Waals surface area contributed by atoms with Gasteiger partial charge in [-0.05, 0) is 29.7 Å². The lowest BCUT2D eigenvalue weighted by Crippen LogP contribution is -2.33. The Morgan fingerprint density at radius 2 is 2.05 bits per heavy atom. The van der Waals surface area contributed by atoms with E-state index in [1.54, 1.807) is 18.2 Å². The van der Waals surface area contributed by atoms with Crippen LogP contribution in [0.4, 0.5) is 5.69 Å². The van der Waals surface area contributed by atoms with Crippen molar-refractivity contribution < 1.29 is 9.90 Å². The van der Waals surface area contributed by atoms with Gasteiger partial charge in [-0.15, -0.1) is 0 Å². The molecule has 3 rings (SSSR count). The molecule has 102 valence electrons. The molecule has 2 aromatic rings. The minimum absolute atomic E-state index is 0.154. The summed E-state index contributed by atoms with van der Waals surface area (Å²) in [5, 5.41) is 12.6. The molecule has 0 radical (unpaired) electrons. The SMILES string of the molecule is Nc1cccc(C(=O)NCC2Cc3ccccc32)c1O. The zero-order valence-corrected chi connectivity index (χ0v) is 11.0. The number of nitrogens with two attached hydrogens (primary N) is 1. The molecule has 1 aliphatic rings. The number of rotatable bonds is 3. The average Bonchev–Trinajstić information content (AvgIpc) is 2.42. The standard InChI is InChI=1S/C16H16N2O2/c17-14-7-3-6-13(15(14)19)16(20)18-9-11-8-10-4-1-2-5-12(10)11/h1-7,11,19H,8-9,17H2,(H,18,20). The Morgan fingerprint density at radius 1 is 1.25 bits per heavy atom. The second-order valence-corrected chi connectivity index (χ2v) is 5.05. The second kappa shape index (κ2) is 4.89. The molecule has 0 saturated heterocycles. The molecule has 0 spiro atoms. The van der Waals surface area contributed by atoms with E-state index in [1.807, 2.05) is 12.1 Å². The summed E-state index contributed by atoms with van der Waals surface area (Å²) < 4.78 is 0. The third kappa shape index (κ3) is 2.09. The Bertz CT molecular complexity index is 667. The third-order valence-corrected chi connectivity index (χ3v) is 3.78. The van der Waals surface area contributed by atoms with Gasteiger partial charge in [-0.2, -0.15) is 0 Å². The number of carbonyl (C=O) groups excluding carboxylic acids is 1. The smallest absolute Gasteiger partial charge is 0.255 e. The van der Waals surface area contributed by atoms with Gasteiger partial charge >= 0.3 is 0 Å². The quantitative estimate of drug-likeness (QED) is 0.589. The van der Waals surface area contributed by atoms with Gasteiger partial charge in [0.15, 0.2) is 5.75 Å². The zero-order valence-electron chi connectivity index (χ0n) is 11.0. The molecule has 0 bridgehead atoms. The summed E-state index contributed by atoms with van der Waals surface area (Å²) in [7, 11) is 0. The van der Waals surface area contributed by atoms with Crippen LogP contribution in [0.5, 0.6) is 5.75 Å². The number of anilines is 1. The van der Waals surface area contributed by atoms with Crippen molar-refractivity contribution in [2.24, 2.45) is 0 Å².